The molecule has 5 heterocycles. The summed E-state index contributed by atoms with van der Waals surface area (Å²) in [6, 6.07) is 20.9. The summed E-state index contributed by atoms with van der Waals surface area (Å²) in [5, 5.41) is 20.0. The molecule has 9 rings (SSSR count). The minimum absolute atomic E-state index is 0.0709. The van der Waals surface area contributed by atoms with Gasteiger partial charge in [0.25, 0.3) is 21.6 Å². The highest BCUT2D eigenvalue weighted by Gasteiger charge is 2.31. The van der Waals surface area contributed by atoms with Gasteiger partial charge in [0.05, 0.1) is 26.6 Å². The first kappa shape index (κ1) is 42.5. The summed E-state index contributed by atoms with van der Waals surface area (Å²) in [6.45, 7) is 10.5. The number of amides is 1. The lowest BCUT2D eigenvalue weighted by atomic mass is 9.72. The molecule has 0 atom stereocenters. The standard InChI is InChI=1S/C46H50ClN9O6S/c1-46(2)15-11-33(38(26-46)31-3-5-34(47)6-4-31)29-53-17-19-54(20-18-53)35-7-9-37(41(24-35)55-42-23-32-12-16-48-44(32)51-40(42)28-50-55)45(57)52-63(60,61)36-8-10-39(43(25-36)56(58)59)49-27-30-13-21-62-22-14-30/h3-10,12,16,23-25,28,30,49-50H,11,13-15,17-22,26-27,29H2,1-2H3,(H,52,57). The Labute approximate surface area is 370 Å². The number of ether oxygens (including phenoxy) is 1. The van der Waals surface area contributed by atoms with E-state index in [-0.39, 0.29) is 22.6 Å². The fourth-order valence-corrected chi connectivity index (χ4v) is 10.1. The van der Waals surface area contributed by atoms with E-state index in [0.29, 0.717) is 42.1 Å². The quantitative estimate of drug-likeness (QED) is 0.0796. The van der Waals surface area contributed by atoms with Gasteiger partial charge in [0, 0.05) is 87.0 Å². The Morgan fingerprint density at radius 2 is 1.79 bits per heavy atom. The zero-order valence-electron chi connectivity index (χ0n) is 35.3. The molecule has 3 aliphatic rings. The SMILES string of the molecule is CC1(C)CCC(CN2CCN(c3ccc(C(=O)NS(=O)(=O)c4ccc(NCC5CCOCC5)c([N+](=O)[O-])c4)c(-n4[nH]cc5nc6nccc6cc54)c3)CC2)=C(c2ccc(Cl)cc2)C1. The maximum absolute atomic E-state index is 14.2. The molecule has 1 aliphatic carbocycles. The average molecular weight is 892 g/mol. The number of nitrogens with one attached hydrogen (secondary N) is 3. The maximum Gasteiger partial charge on any atom is 0.293 e. The van der Waals surface area contributed by atoms with Crippen molar-refractivity contribution in [2.45, 2.75) is 50.8 Å². The monoisotopic (exact) mass is 891 g/mol. The van der Waals surface area contributed by atoms with E-state index >= 15 is 0 Å². The number of carbonyl (C=O) groups is 1. The van der Waals surface area contributed by atoms with E-state index in [4.69, 9.17) is 16.3 Å². The van der Waals surface area contributed by atoms with Gasteiger partial charge < -0.3 is 15.0 Å². The van der Waals surface area contributed by atoms with Crippen molar-refractivity contribution in [3.05, 3.63) is 117 Å². The molecule has 3 aromatic carbocycles. The van der Waals surface area contributed by atoms with Crippen LogP contribution in [0.15, 0.2) is 95.7 Å². The molecule has 3 N–H and O–H groups in total. The number of nitro benzene ring substituents is 1. The number of benzene rings is 3. The van der Waals surface area contributed by atoms with E-state index in [1.807, 2.05) is 36.4 Å². The van der Waals surface area contributed by atoms with Crippen molar-refractivity contribution in [2.75, 3.05) is 62.7 Å². The lowest BCUT2D eigenvalue weighted by Gasteiger charge is -2.39. The second-order valence-electron chi connectivity index (χ2n) is 17.6. The van der Waals surface area contributed by atoms with Crippen LogP contribution < -0.4 is 14.9 Å². The molecule has 0 radical (unpaired) electrons. The van der Waals surface area contributed by atoms with Crippen molar-refractivity contribution in [1.29, 1.82) is 0 Å². The molecule has 0 spiro atoms. The first-order valence-corrected chi connectivity index (χ1v) is 23.2. The largest absolute Gasteiger partial charge is 0.381 e. The molecule has 17 heteroatoms. The van der Waals surface area contributed by atoms with Gasteiger partial charge in [-0.3, -0.25) is 29.6 Å². The number of aromatic amines is 1. The molecular weight excluding hydrogens is 842 g/mol. The van der Waals surface area contributed by atoms with Crippen molar-refractivity contribution in [2.24, 2.45) is 11.3 Å². The van der Waals surface area contributed by atoms with Gasteiger partial charge in [-0.15, -0.1) is 0 Å². The van der Waals surface area contributed by atoms with Gasteiger partial charge in [-0.25, -0.2) is 23.1 Å². The Morgan fingerprint density at radius 1 is 1.02 bits per heavy atom. The van der Waals surface area contributed by atoms with Crippen LogP contribution in [0.4, 0.5) is 17.1 Å². The number of pyridine rings is 1. The molecule has 0 saturated carbocycles. The van der Waals surface area contributed by atoms with Crippen LogP contribution in [0.5, 0.6) is 0 Å². The van der Waals surface area contributed by atoms with E-state index in [2.05, 4.69) is 60.9 Å². The number of nitro groups is 1. The maximum atomic E-state index is 14.2. The van der Waals surface area contributed by atoms with Crippen molar-refractivity contribution in [3.8, 4) is 5.69 Å². The van der Waals surface area contributed by atoms with Gasteiger partial charge in [-0.05, 0) is 109 Å². The molecule has 2 aliphatic heterocycles. The van der Waals surface area contributed by atoms with Gasteiger partial charge in [0.15, 0.2) is 5.65 Å². The number of hydrogen-bond acceptors (Lipinski definition) is 11. The number of carbonyl (C=O) groups excluding carboxylic acids is 1. The van der Waals surface area contributed by atoms with Gasteiger partial charge in [0.2, 0.25) is 0 Å². The fourth-order valence-electron chi connectivity index (χ4n) is 9.03. The summed E-state index contributed by atoms with van der Waals surface area (Å²) < 4.78 is 37.0. The normalized spacial score (nSPS) is 17.7. The van der Waals surface area contributed by atoms with Crippen molar-refractivity contribution in [1.82, 2.24) is 29.4 Å². The van der Waals surface area contributed by atoms with Crippen LogP contribution in [-0.4, -0.2) is 96.4 Å². The minimum atomic E-state index is -4.56. The van der Waals surface area contributed by atoms with Crippen LogP contribution in [-0.2, 0) is 14.8 Å². The summed E-state index contributed by atoms with van der Waals surface area (Å²) in [5.41, 5.74) is 7.33. The number of allylic oxidation sites excluding steroid dienone is 1. The minimum Gasteiger partial charge on any atom is -0.381 e. The number of aromatic nitrogens is 4. The van der Waals surface area contributed by atoms with Crippen LogP contribution in [0.1, 0.15) is 61.9 Å². The van der Waals surface area contributed by atoms with E-state index in [0.717, 1.165) is 87.0 Å². The Balaban J connectivity index is 0.976. The van der Waals surface area contributed by atoms with E-state index in [9.17, 15) is 23.3 Å². The molecule has 328 valence electrons. The zero-order chi connectivity index (χ0) is 43.9. The molecule has 1 amide bonds. The smallest absolute Gasteiger partial charge is 0.293 e. The van der Waals surface area contributed by atoms with Crippen LogP contribution in [0, 0.1) is 21.4 Å². The van der Waals surface area contributed by atoms with E-state index in [1.165, 1.54) is 28.8 Å². The molecule has 6 aromatic rings. The Kier molecular flexibility index (Phi) is 11.7. The Bertz CT molecular complexity index is 2840. The summed E-state index contributed by atoms with van der Waals surface area (Å²) >= 11 is 6.26. The summed E-state index contributed by atoms with van der Waals surface area (Å²) in [4.78, 5) is 39.1. The number of hydrogen-bond donors (Lipinski definition) is 3. The van der Waals surface area contributed by atoms with Crippen LogP contribution in [0.3, 0.4) is 0 Å². The number of sulfonamides is 1. The highest BCUT2D eigenvalue weighted by atomic mass is 35.5. The fraction of sp³-hybridized carbons (Fsp3) is 0.370. The van der Waals surface area contributed by atoms with Crippen LogP contribution in [0.25, 0.3) is 33.3 Å². The number of H-pyrrole nitrogens is 1. The predicted octanol–water partition coefficient (Wildman–Crippen LogP) is 8.21. The summed E-state index contributed by atoms with van der Waals surface area (Å²) in [6.07, 6.45) is 8.24. The highest BCUT2D eigenvalue weighted by molar-refractivity contribution is 7.90. The first-order chi connectivity index (χ1) is 30.3. The number of anilines is 2. The molecule has 0 unspecified atom stereocenters. The molecular formula is C46H50ClN9O6S. The molecule has 2 fully saturated rings. The number of rotatable bonds is 12. The summed E-state index contributed by atoms with van der Waals surface area (Å²) in [7, 11) is -4.56. The van der Waals surface area contributed by atoms with Crippen molar-refractivity contribution < 1.29 is 22.9 Å². The van der Waals surface area contributed by atoms with Crippen molar-refractivity contribution >= 4 is 72.2 Å². The predicted molar refractivity (Wildman–Crippen MR) is 245 cm³/mol. The second-order valence-corrected chi connectivity index (χ2v) is 19.7. The lowest BCUT2D eigenvalue weighted by Crippen LogP contribution is -2.47. The third-order valence-corrected chi connectivity index (χ3v) is 14.3. The second kappa shape index (κ2) is 17.4. The number of halogens is 1. The Morgan fingerprint density at radius 3 is 2.56 bits per heavy atom. The Hall–Kier alpha value is -5.81. The van der Waals surface area contributed by atoms with Gasteiger partial charge in [0.1, 0.15) is 11.2 Å². The highest BCUT2D eigenvalue weighted by Crippen LogP contribution is 2.43. The molecule has 2 saturated heterocycles. The molecule has 3 aromatic heterocycles. The van der Waals surface area contributed by atoms with E-state index < -0.39 is 31.4 Å². The van der Waals surface area contributed by atoms with Crippen molar-refractivity contribution in [3.63, 3.8) is 0 Å². The third-order valence-electron chi connectivity index (χ3n) is 12.7. The summed E-state index contributed by atoms with van der Waals surface area (Å²) in [5.74, 6) is -0.624. The zero-order valence-corrected chi connectivity index (χ0v) is 36.8. The topological polar surface area (TPSA) is 181 Å². The molecule has 15 nitrogen and oxygen atoms in total. The first-order valence-electron chi connectivity index (χ1n) is 21.4. The molecule has 63 heavy (non-hydrogen) atoms. The van der Waals surface area contributed by atoms with Gasteiger partial charge >= 0.3 is 0 Å². The van der Waals surface area contributed by atoms with Crippen LogP contribution in [0.2, 0.25) is 5.02 Å². The lowest BCUT2D eigenvalue weighted by molar-refractivity contribution is -0.384. The molecule has 0 bridgehead atoms. The third kappa shape index (κ3) is 9.16. The van der Waals surface area contributed by atoms with E-state index in [1.54, 1.807) is 23.1 Å². The van der Waals surface area contributed by atoms with Gasteiger partial charge in [-0.1, -0.05) is 43.2 Å². The number of nitrogens with zero attached hydrogens (tertiary/aromatic N) is 6. The number of fused-ring (bicyclic) bond motifs is 2. The van der Waals surface area contributed by atoms with Crippen LogP contribution >= 0.6 is 11.6 Å². The number of piperazine rings is 1. The average Bonchev–Trinajstić information content (AvgIpc) is 3.92. The van der Waals surface area contributed by atoms with Gasteiger partial charge in [-0.2, -0.15) is 0 Å².